The predicted molar refractivity (Wildman–Crippen MR) is 80.3 cm³/mol. The van der Waals surface area contributed by atoms with Gasteiger partial charge in [-0.1, -0.05) is 0 Å². The van der Waals surface area contributed by atoms with Gasteiger partial charge in [0.15, 0.2) is 6.61 Å². The Morgan fingerprint density at radius 2 is 2.00 bits per heavy atom. The van der Waals surface area contributed by atoms with Gasteiger partial charge in [0, 0.05) is 17.1 Å². The summed E-state index contributed by atoms with van der Waals surface area (Å²) < 4.78 is 9.79. The van der Waals surface area contributed by atoms with Gasteiger partial charge in [0.25, 0.3) is 0 Å². The number of esters is 1. The second kappa shape index (κ2) is 6.96. The Labute approximate surface area is 122 Å². The Morgan fingerprint density at radius 1 is 1.25 bits per heavy atom. The zero-order valence-corrected chi connectivity index (χ0v) is 12.3. The number of rotatable bonds is 6. The molecule has 1 N–H and O–H groups in total. The number of hydrogen-bond acceptors (Lipinski definition) is 5. The summed E-state index contributed by atoms with van der Waals surface area (Å²) in [5.41, 5.74) is 2.32. The molecule has 0 aliphatic heterocycles. The molecule has 20 heavy (non-hydrogen) atoms. The third-order valence-corrected chi connectivity index (χ3v) is 3.88. The lowest BCUT2D eigenvalue weighted by Gasteiger charge is -2.08. The summed E-state index contributed by atoms with van der Waals surface area (Å²) in [4.78, 5) is 12.3. The largest absolute Gasteiger partial charge is 0.482 e. The van der Waals surface area contributed by atoms with Gasteiger partial charge in [0.05, 0.1) is 7.11 Å². The molecule has 106 valence electrons. The van der Waals surface area contributed by atoms with Gasteiger partial charge in [-0.25, -0.2) is 4.79 Å². The van der Waals surface area contributed by atoms with Crippen LogP contribution in [-0.2, 0) is 16.1 Å². The number of carbonyl (C=O) groups is 1. The topological polar surface area (TPSA) is 47.6 Å². The van der Waals surface area contributed by atoms with Crippen molar-refractivity contribution in [3.8, 4) is 5.75 Å². The molecule has 1 aromatic heterocycles. The molecule has 0 saturated heterocycles. The van der Waals surface area contributed by atoms with Crippen LogP contribution in [0.1, 0.15) is 10.4 Å². The first-order chi connectivity index (χ1) is 9.69. The molecule has 0 amide bonds. The number of thiophene rings is 1. The molecule has 1 aromatic carbocycles. The number of nitrogens with one attached hydrogen (secondary N) is 1. The molecule has 0 aliphatic rings. The fraction of sp³-hybridized carbons (Fsp3) is 0.267. The van der Waals surface area contributed by atoms with E-state index in [4.69, 9.17) is 4.74 Å². The highest BCUT2D eigenvalue weighted by Gasteiger charge is 2.02. The smallest absolute Gasteiger partial charge is 0.343 e. The van der Waals surface area contributed by atoms with Gasteiger partial charge in [-0.3, -0.25) is 0 Å². The molecule has 0 spiro atoms. The van der Waals surface area contributed by atoms with E-state index in [2.05, 4.69) is 28.4 Å². The minimum atomic E-state index is -0.389. The van der Waals surface area contributed by atoms with Gasteiger partial charge >= 0.3 is 5.97 Å². The maximum Gasteiger partial charge on any atom is 0.343 e. The molecule has 0 saturated carbocycles. The van der Waals surface area contributed by atoms with Crippen LogP contribution in [0.15, 0.2) is 35.7 Å². The lowest BCUT2D eigenvalue weighted by atomic mass is 10.2. The van der Waals surface area contributed by atoms with Crippen molar-refractivity contribution in [2.24, 2.45) is 0 Å². The predicted octanol–water partition coefficient (Wildman–Crippen LogP) is 3.22. The molecule has 0 unspecified atom stereocenters. The normalized spacial score (nSPS) is 10.1. The molecule has 0 radical (unpaired) electrons. The third kappa shape index (κ3) is 3.99. The Kier molecular flexibility index (Phi) is 5.01. The average molecular weight is 291 g/mol. The number of carbonyl (C=O) groups excluding carboxylic acids is 1. The first-order valence-corrected chi connectivity index (χ1v) is 7.13. The lowest BCUT2D eigenvalue weighted by Crippen LogP contribution is -2.12. The van der Waals surface area contributed by atoms with Crippen molar-refractivity contribution in [2.45, 2.75) is 13.5 Å². The highest BCUT2D eigenvalue weighted by Crippen LogP contribution is 2.19. The Hall–Kier alpha value is -2.01. The maximum atomic E-state index is 11.0. The van der Waals surface area contributed by atoms with Gasteiger partial charge < -0.3 is 14.8 Å². The second-order valence-electron chi connectivity index (χ2n) is 4.27. The third-order valence-electron chi connectivity index (χ3n) is 2.86. The fourth-order valence-corrected chi connectivity index (χ4v) is 2.48. The van der Waals surface area contributed by atoms with Crippen molar-refractivity contribution in [3.05, 3.63) is 46.2 Å². The molecule has 0 fully saturated rings. The van der Waals surface area contributed by atoms with Crippen LogP contribution in [0, 0.1) is 6.92 Å². The maximum absolute atomic E-state index is 11.0. The van der Waals surface area contributed by atoms with Crippen LogP contribution in [0.2, 0.25) is 0 Å². The first-order valence-electron chi connectivity index (χ1n) is 6.25. The number of hydrogen-bond donors (Lipinski definition) is 1. The highest BCUT2D eigenvalue weighted by molar-refractivity contribution is 7.10. The monoisotopic (exact) mass is 291 g/mol. The summed E-state index contributed by atoms with van der Waals surface area (Å²) in [5, 5.41) is 5.45. The van der Waals surface area contributed by atoms with E-state index in [1.54, 1.807) is 11.3 Å². The van der Waals surface area contributed by atoms with Crippen molar-refractivity contribution in [1.29, 1.82) is 0 Å². The van der Waals surface area contributed by atoms with Gasteiger partial charge in [-0.15, -0.1) is 11.3 Å². The molecule has 1 heterocycles. The number of anilines is 1. The SMILES string of the molecule is COC(=O)COc1ccc(NCc2sccc2C)cc1. The lowest BCUT2D eigenvalue weighted by molar-refractivity contribution is -0.142. The van der Waals surface area contributed by atoms with Crippen molar-refractivity contribution < 1.29 is 14.3 Å². The highest BCUT2D eigenvalue weighted by atomic mass is 32.1. The number of methoxy groups -OCH3 is 1. The van der Waals surface area contributed by atoms with E-state index in [9.17, 15) is 4.79 Å². The molecule has 5 heteroatoms. The van der Waals surface area contributed by atoms with Crippen LogP contribution in [-0.4, -0.2) is 19.7 Å². The van der Waals surface area contributed by atoms with E-state index in [-0.39, 0.29) is 12.6 Å². The first kappa shape index (κ1) is 14.4. The standard InChI is InChI=1S/C15H17NO3S/c1-11-7-8-20-14(11)9-16-12-3-5-13(6-4-12)19-10-15(17)18-2/h3-8,16H,9-10H2,1-2H3. The van der Waals surface area contributed by atoms with Gasteiger partial charge in [0.2, 0.25) is 0 Å². The van der Waals surface area contributed by atoms with E-state index in [1.807, 2.05) is 24.3 Å². The van der Waals surface area contributed by atoms with E-state index >= 15 is 0 Å². The van der Waals surface area contributed by atoms with E-state index in [0.29, 0.717) is 5.75 Å². The van der Waals surface area contributed by atoms with E-state index in [0.717, 1.165) is 12.2 Å². The molecule has 2 aromatic rings. The van der Waals surface area contributed by atoms with Crippen LogP contribution in [0.25, 0.3) is 0 Å². The average Bonchev–Trinajstić information content (AvgIpc) is 2.89. The van der Waals surface area contributed by atoms with Crippen molar-refractivity contribution in [1.82, 2.24) is 0 Å². The van der Waals surface area contributed by atoms with Gasteiger partial charge in [-0.05, 0) is 48.2 Å². The van der Waals surface area contributed by atoms with Gasteiger partial charge in [-0.2, -0.15) is 0 Å². The van der Waals surface area contributed by atoms with E-state index < -0.39 is 0 Å². The minimum absolute atomic E-state index is 0.0718. The Bertz CT molecular complexity index is 563. The van der Waals surface area contributed by atoms with Crippen molar-refractivity contribution in [3.63, 3.8) is 0 Å². The summed E-state index contributed by atoms with van der Waals surface area (Å²) in [7, 11) is 1.34. The molecule has 0 aliphatic carbocycles. The van der Waals surface area contributed by atoms with Crippen LogP contribution >= 0.6 is 11.3 Å². The molecule has 0 atom stereocenters. The molecule has 4 nitrogen and oxygen atoms in total. The van der Waals surface area contributed by atoms with Crippen molar-refractivity contribution >= 4 is 23.0 Å². The summed E-state index contributed by atoms with van der Waals surface area (Å²) in [6.45, 7) is 2.85. The summed E-state index contributed by atoms with van der Waals surface area (Å²) in [6, 6.07) is 9.62. The number of aryl methyl sites for hydroxylation is 1. The summed E-state index contributed by atoms with van der Waals surface area (Å²) in [6.07, 6.45) is 0. The number of benzene rings is 1. The zero-order valence-electron chi connectivity index (χ0n) is 11.5. The van der Waals surface area contributed by atoms with Crippen molar-refractivity contribution in [2.75, 3.05) is 19.0 Å². The van der Waals surface area contributed by atoms with Crippen LogP contribution in [0.5, 0.6) is 5.75 Å². The molecule has 0 bridgehead atoms. The fourth-order valence-electron chi connectivity index (χ4n) is 1.64. The van der Waals surface area contributed by atoms with Crippen LogP contribution < -0.4 is 10.1 Å². The quantitative estimate of drug-likeness (QED) is 0.830. The van der Waals surface area contributed by atoms with Crippen LogP contribution in [0.3, 0.4) is 0 Å². The summed E-state index contributed by atoms with van der Waals surface area (Å²) >= 11 is 1.75. The Morgan fingerprint density at radius 3 is 2.60 bits per heavy atom. The zero-order chi connectivity index (χ0) is 14.4. The Balaban J connectivity index is 1.85. The minimum Gasteiger partial charge on any atom is -0.482 e. The molecular weight excluding hydrogens is 274 g/mol. The molecule has 2 rings (SSSR count). The summed E-state index contributed by atoms with van der Waals surface area (Å²) in [5.74, 6) is 0.258. The molecular formula is C15H17NO3S. The number of ether oxygens (including phenoxy) is 2. The van der Waals surface area contributed by atoms with Gasteiger partial charge in [0.1, 0.15) is 5.75 Å². The van der Waals surface area contributed by atoms with Crippen LogP contribution in [0.4, 0.5) is 5.69 Å². The second-order valence-corrected chi connectivity index (χ2v) is 5.27. The van der Waals surface area contributed by atoms with E-state index in [1.165, 1.54) is 17.6 Å².